The second kappa shape index (κ2) is 4.83. The molecule has 3 nitrogen and oxygen atoms in total. The largest absolute Gasteiger partial charge is 0.381 e. The molecular formula is C13H21N3. The van der Waals surface area contributed by atoms with Crippen LogP contribution in [0.25, 0.3) is 0 Å². The molecule has 2 unspecified atom stereocenters. The number of aryl methyl sites for hydroxylation is 1. The van der Waals surface area contributed by atoms with E-state index in [4.69, 9.17) is 0 Å². The number of piperidine rings is 1. The van der Waals surface area contributed by atoms with Gasteiger partial charge in [0.2, 0.25) is 0 Å². The maximum atomic E-state index is 4.21. The Morgan fingerprint density at radius 1 is 1.44 bits per heavy atom. The van der Waals surface area contributed by atoms with Gasteiger partial charge in [-0.2, -0.15) is 0 Å². The van der Waals surface area contributed by atoms with Gasteiger partial charge in [-0.15, -0.1) is 0 Å². The van der Waals surface area contributed by atoms with Crippen molar-refractivity contribution in [2.45, 2.75) is 38.8 Å². The van der Waals surface area contributed by atoms with Gasteiger partial charge in [-0.1, -0.05) is 0 Å². The predicted octanol–water partition coefficient (Wildman–Crippen LogP) is 2.28. The topological polar surface area (TPSA) is 28.2 Å². The Balaban J connectivity index is 1.95. The molecule has 2 atom stereocenters. The first-order valence-electron chi connectivity index (χ1n) is 6.03. The van der Waals surface area contributed by atoms with Crippen LogP contribution in [-0.2, 0) is 0 Å². The molecule has 1 N–H and O–H groups in total. The van der Waals surface area contributed by atoms with Crippen molar-refractivity contribution >= 4 is 5.69 Å². The number of rotatable bonds is 2. The summed E-state index contributed by atoms with van der Waals surface area (Å²) in [6.45, 7) is 5.55. The smallest absolute Gasteiger partial charge is 0.0531 e. The average molecular weight is 219 g/mol. The number of nitrogens with one attached hydrogen (secondary N) is 1. The Hall–Kier alpha value is -1.09. The predicted molar refractivity (Wildman–Crippen MR) is 67.7 cm³/mol. The SMILES string of the molecule is Cc1cncc(NC2CCN(C)C(C)C2)c1. The molecule has 0 bridgehead atoms. The van der Waals surface area contributed by atoms with Gasteiger partial charge < -0.3 is 10.2 Å². The van der Waals surface area contributed by atoms with Crippen molar-refractivity contribution in [3.63, 3.8) is 0 Å². The fraction of sp³-hybridized carbons (Fsp3) is 0.615. The van der Waals surface area contributed by atoms with E-state index in [0.717, 1.165) is 5.69 Å². The van der Waals surface area contributed by atoms with Gasteiger partial charge >= 0.3 is 0 Å². The zero-order valence-corrected chi connectivity index (χ0v) is 10.4. The maximum Gasteiger partial charge on any atom is 0.0531 e. The standard InChI is InChI=1S/C13H21N3/c1-10-6-13(9-14-8-10)15-12-4-5-16(3)11(2)7-12/h6,8-9,11-12,15H,4-5,7H2,1-3H3. The first kappa shape index (κ1) is 11.4. The summed E-state index contributed by atoms with van der Waals surface area (Å²) >= 11 is 0. The van der Waals surface area contributed by atoms with Gasteiger partial charge in [0.1, 0.15) is 0 Å². The number of hydrogen-bond donors (Lipinski definition) is 1. The van der Waals surface area contributed by atoms with Gasteiger partial charge in [0.05, 0.1) is 5.69 Å². The molecular weight excluding hydrogens is 198 g/mol. The summed E-state index contributed by atoms with van der Waals surface area (Å²) in [5.41, 5.74) is 2.37. The first-order valence-corrected chi connectivity index (χ1v) is 6.03. The molecule has 0 aromatic carbocycles. The van der Waals surface area contributed by atoms with Crippen molar-refractivity contribution in [1.82, 2.24) is 9.88 Å². The lowest BCUT2D eigenvalue weighted by Gasteiger charge is -2.35. The molecule has 88 valence electrons. The van der Waals surface area contributed by atoms with Crippen molar-refractivity contribution in [2.75, 3.05) is 18.9 Å². The van der Waals surface area contributed by atoms with E-state index >= 15 is 0 Å². The molecule has 0 spiro atoms. The van der Waals surface area contributed by atoms with Crippen LogP contribution in [0.15, 0.2) is 18.5 Å². The number of anilines is 1. The van der Waals surface area contributed by atoms with Gasteiger partial charge in [-0.05, 0) is 45.4 Å². The number of nitrogens with zero attached hydrogens (tertiary/aromatic N) is 2. The highest BCUT2D eigenvalue weighted by atomic mass is 15.1. The highest BCUT2D eigenvalue weighted by Crippen LogP contribution is 2.19. The van der Waals surface area contributed by atoms with E-state index in [1.54, 1.807) is 0 Å². The van der Waals surface area contributed by atoms with E-state index in [2.05, 4.69) is 42.2 Å². The molecule has 16 heavy (non-hydrogen) atoms. The van der Waals surface area contributed by atoms with Crippen molar-refractivity contribution in [2.24, 2.45) is 0 Å². The van der Waals surface area contributed by atoms with Gasteiger partial charge in [0, 0.05) is 31.0 Å². The summed E-state index contributed by atoms with van der Waals surface area (Å²) in [6, 6.07) is 3.43. The molecule has 0 aliphatic carbocycles. The Labute approximate surface area is 97.9 Å². The molecule has 1 aromatic heterocycles. The third-order valence-electron chi connectivity index (χ3n) is 3.45. The fourth-order valence-electron chi connectivity index (χ4n) is 2.29. The number of aromatic nitrogens is 1. The lowest BCUT2D eigenvalue weighted by atomic mass is 9.99. The molecule has 2 rings (SSSR count). The molecule has 2 heterocycles. The molecule has 1 fully saturated rings. The Bertz CT molecular complexity index is 351. The van der Waals surface area contributed by atoms with Crippen molar-refractivity contribution in [3.8, 4) is 0 Å². The maximum absolute atomic E-state index is 4.21. The zero-order chi connectivity index (χ0) is 11.5. The van der Waals surface area contributed by atoms with Crippen LogP contribution >= 0.6 is 0 Å². The Kier molecular flexibility index (Phi) is 3.44. The monoisotopic (exact) mass is 219 g/mol. The van der Waals surface area contributed by atoms with Gasteiger partial charge in [0.25, 0.3) is 0 Å². The molecule has 1 saturated heterocycles. The quantitative estimate of drug-likeness (QED) is 0.827. The fourth-order valence-corrected chi connectivity index (χ4v) is 2.29. The van der Waals surface area contributed by atoms with Crippen LogP contribution in [0.1, 0.15) is 25.3 Å². The van der Waals surface area contributed by atoms with E-state index < -0.39 is 0 Å². The normalized spacial score (nSPS) is 26.7. The second-order valence-corrected chi connectivity index (χ2v) is 4.95. The third-order valence-corrected chi connectivity index (χ3v) is 3.45. The molecule has 1 aliphatic rings. The minimum atomic E-state index is 0.592. The molecule has 0 saturated carbocycles. The molecule has 0 radical (unpaired) electrons. The van der Waals surface area contributed by atoms with Crippen molar-refractivity contribution < 1.29 is 0 Å². The third kappa shape index (κ3) is 2.73. The van der Waals surface area contributed by atoms with E-state index in [-0.39, 0.29) is 0 Å². The second-order valence-electron chi connectivity index (χ2n) is 4.95. The highest BCUT2D eigenvalue weighted by molar-refractivity contribution is 5.43. The molecule has 3 heteroatoms. The summed E-state index contributed by atoms with van der Waals surface area (Å²) in [5.74, 6) is 0. The molecule has 1 aromatic rings. The molecule has 1 aliphatic heterocycles. The summed E-state index contributed by atoms with van der Waals surface area (Å²) in [6.07, 6.45) is 6.23. The summed E-state index contributed by atoms with van der Waals surface area (Å²) in [4.78, 5) is 6.63. The summed E-state index contributed by atoms with van der Waals surface area (Å²) in [5, 5.41) is 3.58. The minimum absolute atomic E-state index is 0.592. The number of hydrogen-bond acceptors (Lipinski definition) is 3. The van der Waals surface area contributed by atoms with E-state index in [1.165, 1.54) is 24.9 Å². The number of likely N-dealkylation sites (tertiary alicyclic amines) is 1. The lowest BCUT2D eigenvalue weighted by molar-refractivity contribution is 0.190. The summed E-state index contributed by atoms with van der Waals surface area (Å²) < 4.78 is 0. The Morgan fingerprint density at radius 3 is 2.94 bits per heavy atom. The van der Waals surface area contributed by atoms with Crippen LogP contribution in [0, 0.1) is 6.92 Å². The van der Waals surface area contributed by atoms with Crippen LogP contribution in [0.2, 0.25) is 0 Å². The van der Waals surface area contributed by atoms with Crippen LogP contribution in [0.5, 0.6) is 0 Å². The van der Waals surface area contributed by atoms with Crippen LogP contribution < -0.4 is 5.32 Å². The Morgan fingerprint density at radius 2 is 2.25 bits per heavy atom. The lowest BCUT2D eigenvalue weighted by Crippen LogP contribution is -2.42. The average Bonchev–Trinajstić information content (AvgIpc) is 2.24. The zero-order valence-electron chi connectivity index (χ0n) is 10.4. The minimum Gasteiger partial charge on any atom is -0.381 e. The first-order chi connectivity index (χ1) is 7.65. The van der Waals surface area contributed by atoms with Crippen molar-refractivity contribution in [3.05, 3.63) is 24.0 Å². The van der Waals surface area contributed by atoms with Gasteiger partial charge in [-0.25, -0.2) is 0 Å². The van der Waals surface area contributed by atoms with Crippen molar-refractivity contribution in [1.29, 1.82) is 0 Å². The number of pyridine rings is 1. The van der Waals surface area contributed by atoms with Gasteiger partial charge in [-0.3, -0.25) is 4.98 Å². The highest BCUT2D eigenvalue weighted by Gasteiger charge is 2.22. The summed E-state index contributed by atoms with van der Waals surface area (Å²) in [7, 11) is 2.20. The molecule has 0 amide bonds. The van der Waals surface area contributed by atoms with E-state index in [1.807, 2.05) is 12.4 Å². The van der Waals surface area contributed by atoms with Gasteiger partial charge in [0.15, 0.2) is 0 Å². The van der Waals surface area contributed by atoms with Crippen LogP contribution in [-0.4, -0.2) is 35.6 Å². The van der Waals surface area contributed by atoms with Crippen LogP contribution in [0.4, 0.5) is 5.69 Å². The van der Waals surface area contributed by atoms with E-state index in [0.29, 0.717) is 12.1 Å². The van der Waals surface area contributed by atoms with Crippen LogP contribution in [0.3, 0.4) is 0 Å². The van der Waals surface area contributed by atoms with E-state index in [9.17, 15) is 0 Å².